The zero-order valence-electron chi connectivity index (χ0n) is 12.8. The van der Waals surface area contributed by atoms with Crippen LogP contribution in [0.3, 0.4) is 0 Å². The number of non-ortho nitro benzene ring substituents is 1. The second-order valence-electron chi connectivity index (χ2n) is 5.82. The molecule has 7 nitrogen and oxygen atoms in total. The van der Waals surface area contributed by atoms with Gasteiger partial charge in [0, 0.05) is 30.7 Å². The van der Waals surface area contributed by atoms with Gasteiger partial charge in [0.1, 0.15) is 13.1 Å². The van der Waals surface area contributed by atoms with Crippen molar-refractivity contribution >= 4 is 11.6 Å². The molecule has 1 aromatic rings. The lowest BCUT2D eigenvalue weighted by Crippen LogP contribution is -2.52. The number of nitro groups is 1. The van der Waals surface area contributed by atoms with E-state index in [0.717, 1.165) is 43.8 Å². The van der Waals surface area contributed by atoms with Gasteiger partial charge in [0.2, 0.25) is 0 Å². The summed E-state index contributed by atoms with van der Waals surface area (Å²) in [5.41, 5.74) is 0.429. The largest absolute Gasteiger partial charge is 0.370 e. The van der Waals surface area contributed by atoms with Gasteiger partial charge in [-0.1, -0.05) is 0 Å². The predicted molar refractivity (Wildman–Crippen MR) is 81.7 cm³/mol. The average Bonchev–Trinajstić information content (AvgIpc) is 2.52. The van der Waals surface area contributed by atoms with Crippen LogP contribution in [-0.2, 0) is 4.74 Å². The number of hydrogen-bond acceptors (Lipinski definition) is 4. The number of nitrogens with one attached hydrogen (secondary N) is 1. The van der Waals surface area contributed by atoms with Crippen LogP contribution in [0.25, 0.3) is 0 Å². The summed E-state index contributed by atoms with van der Waals surface area (Å²) in [4.78, 5) is 22.0. The fourth-order valence-electron chi connectivity index (χ4n) is 2.51. The lowest BCUT2D eigenvalue weighted by molar-refractivity contribution is -0.916. The summed E-state index contributed by atoms with van der Waals surface area (Å²) in [6, 6.07) is 5.64. The minimum absolute atomic E-state index is 0.0127. The van der Waals surface area contributed by atoms with Crippen molar-refractivity contribution in [2.45, 2.75) is 6.42 Å². The summed E-state index contributed by atoms with van der Waals surface area (Å²) in [5, 5.41) is 13.4. The van der Waals surface area contributed by atoms with Gasteiger partial charge in [-0.3, -0.25) is 14.9 Å². The molecule has 1 saturated heterocycles. The molecule has 0 saturated carbocycles. The fourth-order valence-corrected chi connectivity index (χ4v) is 2.51. The second kappa shape index (κ2) is 7.33. The van der Waals surface area contributed by atoms with E-state index in [9.17, 15) is 14.9 Å². The molecular formula is C15H22N3O4+. The van der Waals surface area contributed by atoms with Gasteiger partial charge >= 0.3 is 0 Å². The van der Waals surface area contributed by atoms with Crippen LogP contribution in [0, 0.1) is 10.1 Å². The highest BCUT2D eigenvalue weighted by Gasteiger charge is 2.24. The quantitative estimate of drug-likeness (QED) is 0.370. The Hall–Kier alpha value is -1.99. The van der Waals surface area contributed by atoms with Crippen LogP contribution in [0.15, 0.2) is 24.3 Å². The van der Waals surface area contributed by atoms with Crippen molar-refractivity contribution in [2.24, 2.45) is 0 Å². The monoisotopic (exact) mass is 308 g/mol. The van der Waals surface area contributed by atoms with Gasteiger partial charge < -0.3 is 14.5 Å². The second-order valence-corrected chi connectivity index (χ2v) is 5.82. The maximum Gasteiger partial charge on any atom is 0.269 e. The van der Waals surface area contributed by atoms with Crippen LogP contribution >= 0.6 is 0 Å². The summed E-state index contributed by atoms with van der Waals surface area (Å²) in [6.07, 6.45) is 0.898. The summed E-state index contributed by atoms with van der Waals surface area (Å²) in [6.45, 7) is 5.22. The molecule has 1 aromatic carbocycles. The predicted octanol–water partition coefficient (Wildman–Crippen LogP) is 1.19. The third-order valence-corrected chi connectivity index (χ3v) is 4.05. The molecule has 1 aliphatic heterocycles. The van der Waals surface area contributed by atoms with Gasteiger partial charge in [-0.15, -0.1) is 0 Å². The molecule has 0 unspecified atom stereocenters. The van der Waals surface area contributed by atoms with Crippen LogP contribution < -0.4 is 5.32 Å². The fraction of sp³-hybridized carbons (Fsp3) is 0.533. The van der Waals surface area contributed by atoms with Crippen molar-refractivity contribution in [3.8, 4) is 0 Å². The van der Waals surface area contributed by atoms with Gasteiger partial charge in [-0.2, -0.15) is 0 Å². The van der Waals surface area contributed by atoms with Gasteiger partial charge in [0.15, 0.2) is 0 Å². The molecule has 2 rings (SSSR count). The smallest absolute Gasteiger partial charge is 0.269 e. The van der Waals surface area contributed by atoms with Crippen LogP contribution in [0.4, 0.5) is 5.69 Å². The Bertz CT molecular complexity index is 524. The van der Waals surface area contributed by atoms with E-state index in [1.54, 1.807) is 0 Å². The normalized spacial score (nSPS) is 17.0. The van der Waals surface area contributed by atoms with Crippen molar-refractivity contribution in [3.63, 3.8) is 0 Å². The molecule has 0 aliphatic carbocycles. The highest BCUT2D eigenvalue weighted by atomic mass is 16.6. The number of likely N-dealkylation sites (N-methyl/N-ethyl adjacent to an activating group) is 1. The molecule has 1 aliphatic rings. The molecule has 0 atom stereocenters. The van der Waals surface area contributed by atoms with Crippen LogP contribution in [-0.4, -0.2) is 61.8 Å². The minimum atomic E-state index is -0.478. The molecule has 1 amide bonds. The number of benzene rings is 1. The van der Waals surface area contributed by atoms with E-state index in [1.807, 2.05) is 0 Å². The van der Waals surface area contributed by atoms with E-state index in [0.29, 0.717) is 12.1 Å². The third kappa shape index (κ3) is 4.51. The van der Waals surface area contributed by atoms with Crippen molar-refractivity contribution in [1.29, 1.82) is 0 Å². The number of hydrogen-bond donors (Lipinski definition) is 1. The Morgan fingerprint density at radius 1 is 1.32 bits per heavy atom. The first kappa shape index (κ1) is 16.4. The number of nitrogens with zero attached hydrogens (tertiary/aromatic N) is 2. The van der Waals surface area contributed by atoms with Gasteiger partial charge in [-0.25, -0.2) is 0 Å². The van der Waals surface area contributed by atoms with Crippen LogP contribution in [0.5, 0.6) is 0 Å². The number of rotatable bonds is 6. The summed E-state index contributed by atoms with van der Waals surface area (Å²) >= 11 is 0. The first-order valence-corrected chi connectivity index (χ1v) is 7.44. The van der Waals surface area contributed by atoms with E-state index >= 15 is 0 Å². The molecule has 0 aromatic heterocycles. The van der Waals surface area contributed by atoms with E-state index in [2.05, 4.69) is 12.4 Å². The maximum atomic E-state index is 12.0. The SMILES string of the molecule is C[N+]1(CCCNC(=O)c2ccc([N+](=O)[O-])cc2)CCOCC1. The zero-order valence-corrected chi connectivity index (χ0v) is 12.8. The molecule has 120 valence electrons. The van der Waals surface area contributed by atoms with E-state index in [-0.39, 0.29) is 11.6 Å². The number of carbonyl (C=O) groups excluding carboxylic acids is 1. The first-order chi connectivity index (χ1) is 10.5. The standard InChI is InChI=1S/C15H21N3O4/c1-18(9-11-22-12-10-18)8-2-7-16-15(19)13-3-5-14(6-4-13)17(20)21/h3-6H,2,7-12H2,1H3/p+1. The average molecular weight is 308 g/mol. The highest BCUT2D eigenvalue weighted by molar-refractivity contribution is 5.94. The van der Waals surface area contributed by atoms with Crippen LogP contribution in [0.2, 0.25) is 0 Å². The summed E-state index contributed by atoms with van der Waals surface area (Å²) in [7, 11) is 2.21. The first-order valence-electron chi connectivity index (χ1n) is 7.44. The Morgan fingerprint density at radius 3 is 2.55 bits per heavy atom. The van der Waals surface area contributed by atoms with Gasteiger partial charge in [0.25, 0.3) is 11.6 Å². The Balaban J connectivity index is 1.74. The number of ether oxygens (including phenoxy) is 1. The number of nitro benzene ring substituents is 1. The van der Waals surface area contributed by atoms with Crippen molar-refractivity contribution in [1.82, 2.24) is 5.32 Å². The van der Waals surface area contributed by atoms with Crippen LogP contribution in [0.1, 0.15) is 16.8 Å². The zero-order chi connectivity index (χ0) is 16.0. The molecule has 1 N–H and O–H groups in total. The molecule has 0 radical (unpaired) electrons. The minimum Gasteiger partial charge on any atom is -0.370 e. The lowest BCUT2D eigenvalue weighted by atomic mass is 10.2. The molecule has 22 heavy (non-hydrogen) atoms. The van der Waals surface area contributed by atoms with Gasteiger partial charge in [0.05, 0.1) is 31.7 Å². The molecule has 7 heteroatoms. The van der Waals surface area contributed by atoms with E-state index < -0.39 is 4.92 Å². The number of amides is 1. The van der Waals surface area contributed by atoms with E-state index in [1.165, 1.54) is 24.3 Å². The highest BCUT2D eigenvalue weighted by Crippen LogP contribution is 2.12. The maximum absolute atomic E-state index is 12.0. The lowest BCUT2D eigenvalue weighted by Gasteiger charge is -2.37. The molecule has 1 heterocycles. The number of morpholine rings is 1. The van der Waals surface area contributed by atoms with Gasteiger partial charge in [-0.05, 0) is 12.1 Å². The molecule has 0 spiro atoms. The summed E-state index contributed by atoms with van der Waals surface area (Å²) in [5.74, 6) is -0.195. The van der Waals surface area contributed by atoms with Crippen molar-refractivity contribution < 1.29 is 18.9 Å². The Kier molecular flexibility index (Phi) is 5.46. The molecule has 1 fully saturated rings. The number of carbonyl (C=O) groups is 1. The Morgan fingerprint density at radius 2 is 1.95 bits per heavy atom. The third-order valence-electron chi connectivity index (χ3n) is 4.05. The Labute approximate surface area is 129 Å². The summed E-state index contributed by atoms with van der Waals surface area (Å²) < 4.78 is 6.34. The number of quaternary nitrogens is 1. The van der Waals surface area contributed by atoms with Crippen molar-refractivity contribution in [2.75, 3.05) is 46.4 Å². The molecular weight excluding hydrogens is 286 g/mol. The topological polar surface area (TPSA) is 81.5 Å². The molecule has 0 bridgehead atoms. The van der Waals surface area contributed by atoms with Crippen molar-refractivity contribution in [3.05, 3.63) is 39.9 Å². The van der Waals surface area contributed by atoms with E-state index in [4.69, 9.17) is 4.74 Å².